The van der Waals surface area contributed by atoms with E-state index in [-0.39, 0.29) is 13.2 Å². The number of carboxylic acids is 1. The second-order valence-corrected chi connectivity index (χ2v) is 4.40. The molecule has 0 bridgehead atoms. The van der Waals surface area contributed by atoms with Crippen molar-refractivity contribution in [2.75, 3.05) is 26.4 Å². The summed E-state index contributed by atoms with van der Waals surface area (Å²) >= 11 is 0. The number of hydrogen-bond acceptors (Lipinski definition) is 6. The van der Waals surface area contributed by atoms with Crippen molar-refractivity contribution in [3.05, 3.63) is 0 Å². The lowest BCUT2D eigenvalue weighted by atomic mass is 10.2. The van der Waals surface area contributed by atoms with Gasteiger partial charge in [-0.15, -0.1) is 0 Å². The van der Waals surface area contributed by atoms with E-state index >= 15 is 0 Å². The lowest BCUT2D eigenvalue weighted by Gasteiger charge is -2.38. The molecule has 1 N–H and O–H groups in total. The molecule has 7 nitrogen and oxygen atoms in total. The second-order valence-electron chi connectivity index (χ2n) is 4.40. The lowest BCUT2D eigenvalue weighted by molar-refractivity contribution is -0.304. The van der Waals surface area contributed by atoms with Crippen LogP contribution in [0.5, 0.6) is 0 Å². The highest BCUT2D eigenvalue weighted by Crippen LogP contribution is 2.36. The predicted octanol–water partition coefficient (Wildman–Crippen LogP) is 0.825. The van der Waals surface area contributed by atoms with Gasteiger partial charge in [0, 0.05) is 19.6 Å². The minimum atomic E-state index is -1.15. The van der Waals surface area contributed by atoms with E-state index < -0.39 is 23.9 Å². The summed E-state index contributed by atoms with van der Waals surface area (Å²) in [6.07, 6.45) is 0.778. The number of likely N-dealkylation sites (tertiary alicyclic amines) is 1. The van der Waals surface area contributed by atoms with E-state index in [2.05, 4.69) is 0 Å². The van der Waals surface area contributed by atoms with Gasteiger partial charge in [-0.1, -0.05) is 0 Å². The Morgan fingerprint density at radius 3 is 2.25 bits per heavy atom. The van der Waals surface area contributed by atoms with E-state index in [1.807, 2.05) is 0 Å². The first-order chi connectivity index (χ1) is 9.50. The smallest absolute Gasteiger partial charge is 0.321 e. The van der Waals surface area contributed by atoms with Gasteiger partial charge in [-0.2, -0.15) is 0 Å². The van der Waals surface area contributed by atoms with Gasteiger partial charge in [0.1, 0.15) is 12.6 Å². The van der Waals surface area contributed by atoms with Crippen LogP contribution in [0.3, 0.4) is 0 Å². The minimum absolute atomic E-state index is 0.162. The zero-order valence-corrected chi connectivity index (χ0v) is 12.3. The average molecular weight is 289 g/mol. The normalized spacial score (nSPS) is 21.9. The summed E-state index contributed by atoms with van der Waals surface area (Å²) in [5.74, 6) is -2.63. The highest BCUT2D eigenvalue weighted by atomic mass is 16.7. The number of aliphatic carboxylic acids is 1. The largest absolute Gasteiger partial charge is 0.480 e. The molecule has 0 saturated carbocycles. The van der Waals surface area contributed by atoms with Gasteiger partial charge < -0.3 is 19.3 Å². The first-order valence-corrected chi connectivity index (χ1v) is 6.93. The third-order valence-electron chi connectivity index (χ3n) is 3.18. The van der Waals surface area contributed by atoms with E-state index in [0.29, 0.717) is 26.1 Å². The quantitative estimate of drug-likeness (QED) is 0.523. The van der Waals surface area contributed by atoms with Crippen molar-refractivity contribution in [1.82, 2.24) is 4.90 Å². The standard InChI is InChI=1S/C13H23NO6/c1-4-18-11(15)9-14-10(12(16)17)7-8-13(14,19-5-2)20-6-3/h10H,4-9H2,1-3H3,(H,16,17). The number of hydrogen-bond donors (Lipinski definition) is 1. The molecule has 0 aromatic heterocycles. The summed E-state index contributed by atoms with van der Waals surface area (Å²) in [6, 6.07) is -0.808. The third-order valence-corrected chi connectivity index (χ3v) is 3.18. The molecule has 0 aromatic carbocycles. The van der Waals surface area contributed by atoms with Crippen LogP contribution in [0.4, 0.5) is 0 Å². The lowest BCUT2D eigenvalue weighted by Crippen LogP contribution is -2.55. The van der Waals surface area contributed by atoms with Crippen molar-refractivity contribution in [3.8, 4) is 0 Å². The van der Waals surface area contributed by atoms with E-state index in [9.17, 15) is 14.7 Å². The van der Waals surface area contributed by atoms with Gasteiger partial charge in [0.15, 0.2) is 0 Å². The summed E-state index contributed by atoms with van der Waals surface area (Å²) in [7, 11) is 0. The molecule has 0 radical (unpaired) electrons. The van der Waals surface area contributed by atoms with Gasteiger partial charge in [0.05, 0.1) is 6.61 Å². The Bertz CT molecular complexity index is 340. The van der Waals surface area contributed by atoms with Crippen LogP contribution in [0.25, 0.3) is 0 Å². The van der Waals surface area contributed by atoms with Gasteiger partial charge >= 0.3 is 11.9 Å². The van der Waals surface area contributed by atoms with Crippen molar-refractivity contribution in [2.24, 2.45) is 0 Å². The van der Waals surface area contributed by atoms with Gasteiger partial charge in [0.25, 0.3) is 0 Å². The Hall–Kier alpha value is -1.18. The van der Waals surface area contributed by atoms with Gasteiger partial charge in [0.2, 0.25) is 5.91 Å². The monoisotopic (exact) mass is 289 g/mol. The zero-order chi connectivity index (χ0) is 15.2. The minimum Gasteiger partial charge on any atom is -0.480 e. The van der Waals surface area contributed by atoms with E-state index in [1.165, 1.54) is 4.90 Å². The van der Waals surface area contributed by atoms with Crippen LogP contribution in [0.15, 0.2) is 0 Å². The number of ether oxygens (including phenoxy) is 3. The van der Waals surface area contributed by atoms with Gasteiger partial charge in [-0.3, -0.25) is 9.59 Å². The maximum atomic E-state index is 11.7. The highest BCUT2D eigenvalue weighted by Gasteiger charge is 2.51. The van der Waals surface area contributed by atoms with Crippen LogP contribution in [0, 0.1) is 0 Å². The fourth-order valence-electron chi connectivity index (χ4n) is 2.49. The van der Waals surface area contributed by atoms with Crippen molar-refractivity contribution >= 4 is 11.9 Å². The molecule has 116 valence electrons. The topological polar surface area (TPSA) is 85.3 Å². The summed E-state index contributed by atoms with van der Waals surface area (Å²) in [6.45, 7) is 6.13. The molecule has 1 aliphatic rings. The number of esters is 1. The molecule has 1 saturated heterocycles. The van der Waals surface area contributed by atoms with Crippen molar-refractivity contribution in [3.63, 3.8) is 0 Å². The average Bonchev–Trinajstić information content (AvgIpc) is 2.70. The Labute approximate surface area is 118 Å². The Balaban J connectivity index is 2.95. The number of nitrogens with zero attached hydrogens (tertiary/aromatic N) is 1. The van der Waals surface area contributed by atoms with E-state index in [1.54, 1.807) is 20.8 Å². The predicted molar refractivity (Wildman–Crippen MR) is 70.0 cm³/mol. The Kier molecular flexibility index (Phi) is 6.38. The maximum Gasteiger partial charge on any atom is 0.321 e. The van der Waals surface area contributed by atoms with Crippen LogP contribution < -0.4 is 0 Å². The Morgan fingerprint density at radius 2 is 1.80 bits per heavy atom. The van der Waals surface area contributed by atoms with Crippen LogP contribution >= 0.6 is 0 Å². The number of carbonyl (C=O) groups is 2. The Morgan fingerprint density at radius 1 is 1.20 bits per heavy atom. The van der Waals surface area contributed by atoms with Gasteiger partial charge in [-0.05, 0) is 27.2 Å². The molecule has 7 heteroatoms. The zero-order valence-electron chi connectivity index (χ0n) is 12.3. The third kappa shape index (κ3) is 3.68. The molecule has 1 heterocycles. The molecular formula is C13H23NO6. The van der Waals surface area contributed by atoms with E-state index in [0.717, 1.165) is 0 Å². The van der Waals surface area contributed by atoms with Crippen LogP contribution in [-0.4, -0.2) is 60.3 Å². The number of rotatable bonds is 8. The summed E-state index contributed by atoms with van der Waals surface area (Å²) < 4.78 is 16.2. The molecule has 20 heavy (non-hydrogen) atoms. The van der Waals surface area contributed by atoms with Crippen LogP contribution in [-0.2, 0) is 23.8 Å². The van der Waals surface area contributed by atoms with Crippen LogP contribution in [0.1, 0.15) is 33.6 Å². The molecule has 1 fully saturated rings. The summed E-state index contributed by atoms with van der Waals surface area (Å²) in [5, 5.41) is 9.29. The molecule has 0 amide bonds. The first kappa shape index (κ1) is 16.9. The summed E-state index contributed by atoms with van der Waals surface area (Å²) in [5.41, 5.74) is 0. The SMILES string of the molecule is CCOC(=O)CN1C(C(=O)O)CCC1(OCC)OCC. The maximum absolute atomic E-state index is 11.7. The first-order valence-electron chi connectivity index (χ1n) is 6.93. The molecule has 0 spiro atoms. The molecule has 1 rings (SSSR count). The fraction of sp³-hybridized carbons (Fsp3) is 0.846. The molecule has 0 aliphatic carbocycles. The van der Waals surface area contributed by atoms with Crippen molar-refractivity contribution in [1.29, 1.82) is 0 Å². The van der Waals surface area contributed by atoms with E-state index in [4.69, 9.17) is 14.2 Å². The second kappa shape index (κ2) is 7.56. The fourth-order valence-corrected chi connectivity index (χ4v) is 2.49. The molecule has 1 unspecified atom stereocenters. The van der Waals surface area contributed by atoms with Crippen LogP contribution in [0.2, 0.25) is 0 Å². The molecule has 1 atom stereocenters. The highest BCUT2D eigenvalue weighted by molar-refractivity contribution is 5.77. The molecule has 1 aliphatic heterocycles. The van der Waals surface area contributed by atoms with Crippen molar-refractivity contribution in [2.45, 2.75) is 45.6 Å². The summed E-state index contributed by atoms with van der Waals surface area (Å²) in [4.78, 5) is 24.5. The van der Waals surface area contributed by atoms with Gasteiger partial charge in [-0.25, -0.2) is 4.90 Å². The van der Waals surface area contributed by atoms with Crippen molar-refractivity contribution < 1.29 is 28.9 Å². The number of carbonyl (C=O) groups excluding carboxylic acids is 1. The molecule has 0 aromatic rings. The number of carboxylic acid groups (broad SMARTS) is 1. The molecular weight excluding hydrogens is 266 g/mol.